The first kappa shape index (κ1) is 27.8. The van der Waals surface area contributed by atoms with Gasteiger partial charge in [-0.05, 0) is 82.6 Å². The highest BCUT2D eigenvalue weighted by atomic mass is 19.1. The minimum atomic E-state index is -0.705. The van der Waals surface area contributed by atoms with Crippen LogP contribution < -0.4 is 19.7 Å². The molecule has 0 spiro atoms. The molecule has 4 rings (SSSR count). The van der Waals surface area contributed by atoms with Gasteiger partial charge < -0.3 is 24.3 Å². The van der Waals surface area contributed by atoms with Gasteiger partial charge in [0.25, 0.3) is 0 Å². The topological polar surface area (TPSA) is 99.2 Å². The van der Waals surface area contributed by atoms with Gasteiger partial charge >= 0.3 is 12.1 Å². The van der Waals surface area contributed by atoms with Crippen LogP contribution in [-0.4, -0.2) is 48.9 Å². The average Bonchev–Trinajstić information content (AvgIpc) is 2.90. The molecule has 0 radical (unpaired) electrons. The molecular formula is C29H32FN3O6. The summed E-state index contributed by atoms with van der Waals surface area (Å²) in [6, 6.07) is 13.7. The van der Waals surface area contributed by atoms with E-state index in [1.807, 2.05) is 0 Å². The number of methoxy groups -OCH3 is 1. The van der Waals surface area contributed by atoms with Crippen molar-refractivity contribution in [2.45, 2.75) is 45.3 Å². The lowest BCUT2D eigenvalue weighted by atomic mass is 10.1. The highest BCUT2D eigenvalue weighted by Gasteiger charge is 2.32. The normalized spacial score (nSPS) is 15.3. The number of amides is 1. The number of anilines is 1. The first-order valence-electron chi connectivity index (χ1n) is 12.7. The fraction of sp³-hybridized carbons (Fsp3) is 0.345. The number of aromatic nitrogens is 1. The van der Waals surface area contributed by atoms with Crippen molar-refractivity contribution in [1.82, 2.24) is 10.3 Å². The molecule has 3 aromatic rings. The van der Waals surface area contributed by atoms with E-state index in [1.54, 1.807) is 57.2 Å². The molecule has 10 heteroatoms. The second-order valence-electron chi connectivity index (χ2n) is 10.0. The van der Waals surface area contributed by atoms with Gasteiger partial charge in [0, 0.05) is 12.6 Å². The average molecular weight is 538 g/mol. The Morgan fingerprint density at radius 1 is 1.03 bits per heavy atom. The van der Waals surface area contributed by atoms with Crippen molar-refractivity contribution in [3.63, 3.8) is 0 Å². The van der Waals surface area contributed by atoms with E-state index in [0.29, 0.717) is 29.5 Å². The molecular weight excluding hydrogens is 505 g/mol. The summed E-state index contributed by atoms with van der Waals surface area (Å²) in [5.41, 5.74) is -0.263. The summed E-state index contributed by atoms with van der Waals surface area (Å²) in [6.07, 6.45) is 2.60. The van der Waals surface area contributed by atoms with Gasteiger partial charge in [0.15, 0.2) is 0 Å². The Labute approximate surface area is 226 Å². The summed E-state index contributed by atoms with van der Waals surface area (Å²) in [6.45, 7) is 6.83. The standard InChI is InChI=1S/C29H32FN3O6/c1-29(2,3)39-28(35)33(20-8-6-14-31-17-20)21-16-25(27(34)36-4)26(32-18-21)38-23-12-10-22(11-13-23)37-24-9-5-7-19(30)15-24/h5,7,9-13,15-16,18,20,31H,6,8,14,17H2,1-4H3. The second kappa shape index (κ2) is 12.1. The maximum absolute atomic E-state index is 13.4. The number of rotatable bonds is 7. The van der Waals surface area contributed by atoms with E-state index in [4.69, 9.17) is 18.9 Å². The quantitative estimate of drug-likeness (QED) is 0.362. The molecule has 39 heavy (non-hydrogen) atoms. The van der Waals surface area contributed by atoms with Gasteiger partial charge in [-0.3, -0.25) is 4.90 Å². The van der Waals surface area contributed by atoms with Crippen molar-refractivity contribution in [1.29, 1.82) is 0 Å². The summed E-state index contributed by atoms with van der Waals surface area (Å²) < 4.78 is 35.6. The predicted molar refractivity (Wildman–Crippen MR) is 143 cm³/mol. The number of hydrogen-bond donors (Lipinski definition) is 1. The molecule has 0 aliphatic carbocycles. The Morgan fingerprint density at radius 2 is 1.74 bits per heavy atom. The Morgan fingerprint density at radius 3 is 2.36 bits per heavy atom. The van der Waals surface area contributed by atoms with Crippen LogP contribution in [0.15, 0.2) is 60.8 Å². The molecule has 0 saturated carbocycles. The molecule has 1 aromatic heterocycles. The SMILES string of the molecule is COC(=O)c1cc(N(C(=O)OC(C)(C)C)C2CCCNC2)cnc1Oc1ccc(Oc2cccc(F)c2)cc1. The van der Waals surface area contributed by atoms with Crippen LogP contribution in [0.25, 0.3) is 0 Å². The number of hydrogen-bond acceptors (Lipinski definition) is 8. The summed E-state index contributed by atoms with van der Waals surface area (Å²) in [7, 11) is 1.26. The van der Waals surface area contributed by atoms with E-state index in [9.17, 15) is 14.0 Å². The van der Waals surface area contributed by atoms with E-state index in [-0.39, 0.29) is 17.5 Å². The minimum absolute atomic E-state index is 0.00954. The van der Waals surface area contributed by atoms with Crippen molar-refractivity contribution < 1.29 is 32.9 Å². The number of benzene rings is 2. The van der Waals surface area contributed by atoms with E-state index in [2.05, 4.69) is 10.3 Å². The number of pyridine rings is 1. The molecule has 206 valence electrons. The second-order valence-corrected chi connectivity index (χ2v) is 10.0. The summed E-state index contributed by atoms with van der Waals surface area (Å²) in [5.74, 6) is 0.150. The molecule has 1 atom stereocenters. The molecule has 1 aliphatic rings. The number of piperidine rings is 1. The number of ether oxygens (including phenoxy) is 4. The maximum Gasteiger partial charge on any atom is 0.415 e. The lowest BCUT2D eigenvalue weighted by molar-refractivity contribution is 0.0554. The molecule has 1 N–H and O–H groups in total. The summed E-state index contributed by atoms with van der Waals surface area (Å²) >= 11 is 0. The zero-order chi connectivity index (χ0) is 28.0. The summed E-state index contributed by atoms with van der Waals surface area (Å²) in [5, 5.41) is 3.30. The molecule has 1 aliphatic heterocycles. The molecule has 1 unspecified atom stereocenters. The molecule has 1 fully saturated rings. The van der Waals surface area contributed by atoms with Crippen molar-refractivity contribution in [2.75, 3.05) is 25.1 Å². The van der Waals surface area contributed by atoms with Gasteiger partial charge in [-0.2, -0.15) is 0 Å². The number of esters is 1. The largest absolute Gasteiger partial charge is 0.465 e. The minimum Gasteiger partial charge on any atom is -0.465 e. The van der Waals surface area contributed by atoms with E-state index in [1.165, 1.54) is 36.4 Å². The van der Waals surface area contributed by atoms with Crippen LogP contribution >= 0.6 is 0 Å². The Balaban J connectivity index is 1.59. The summed E-state index contributed by atoms with van der Waals surface area (Å²) in [4.78, 5) is 31.9. The fourth-order valence-corrected chi connectivity index (χ4v) is 4.09. The smallest absolute Gasteiger partial charge is 0.415 e. The van der Waals surface area contributed by atoms with Gasteiger partial charge in [0.2, 0.25) is 5.88 Å². The highest BCUT2D eigenvalue weighted by Crippen LogP contribution is 2.32. The van der Waals surface area contributed by atoms with Crippen LogP contribution in [0, 0.1) is 5.82 Å². The first-order chi connectivity index (χ1) is 18.6. The molecule has 1 amide bonds. The maximum atomic E-state index is 13.4. The highest BCUT2D eigenvalue weighted by molar-refractivity contribution is 5.95. The lowest BCUT2D eigenvalue weighted by Gasteiger charge is -2.35. The molecule has 2 aromatic carbocycles. The van der Waals surface area contributed by atoms with Crippen LogP contribution in [0.1, 0.15) is 44.0 Å². The van der Waals surface area contributed by atoms with Gasteiger partial charge in [-0.25, -0.2) is 19.0 Å². The van der Waals surface area contributed by atoms with Crippen LogP contribution in [-0.2, 0) is 9.47 Å². The monoisotopic (exact) mass is 537 g/mol. The van der Waals surface area contributed by atoms with E-state index >= 15 is 0 Å². The Kier molecular flexibility index (Phi) is 8.65. The number of nitrogens with one attached hydrogen (secondary N) is 1. The van der Waals surface area contributed by atoms with Gasteiger partial charge in [-0.1, -0.05) is 6.07 Å². The molecule has 1 saturated heterocycles. The number of nitrogens with zero attached hydrogens (tertiary/aromatic N) is 2. The fourth-order valence-electron chi connectivity index (χ4n) is 4.09. The van der Waals surface area contributed by atoms with Gasteiger partial charge in [-0.15, -0.1) is 0 Å². The zero-order valence-corrected chi connectivity index (χ0v) is 22.4. The number of carbonyl (C=O) groups is 2. The van der Waals surface area contributed by atoms with Crippen molar-refractivity contribution >= 4 is 17.7 Å². The molecule has 9 nitrogen and oxygen atoms in total. The van der Waals surface area contributed by atoms with Crippen molar-refractivity contribution in [3.8, 4) is 23.1 Å². The zero-order valence-electron chi connectivity index (χ0n) is 22.4. The van der Waals surface area contributed by atoms with Crippen LogP contribution in [0.3, 0.4) is 0 Å². The van der Waals surface area contributed by atoms with Crippen LogP contribution in [0.5, 0.6) is 23.1 Å². The van der Waals surface area contributed by atoms with E-state index in [0.717, 1.165) is 19.4 Å². The molecule has 2 heterocycles. The van der Waals surface area contributed by atoms with Crippen LogP contribution in [0.4, 0.5) is 14.9 Å². The van der Waals surface area contributed by atoms with Crippen LogP contribution in [0.2, 0.25) is 0 Å². The van der Waals surface area contributed by atoms with Crippen molar-refractivity contribution in [3.05, 3.63) is 72.2 Å². The Hall–Kier alpha value is -4.18. The third-order valence-electron chi connectivity index (χ3n) is 5.82. The van der Waals surface area contributed by atoms with Gasteiger partial charge in [0.1, 0.15) is 34.2 Å². The third kappa shape index (κ3) is 7.44. The number of carbonyl (C=O) groups excluding carboxylic acids is 2. The lowest BCUT2D eigenvalue weighted by Crippen LogP contribution is -2.50. The predicted octanol–water partition coefficient (Wildman–Crippen LogP) is 6.09. The van der Waals surface area contributed by atoms with E-state index < -0.39 is 23.5 Å². The Bertz CT molecular complexity index is 1300. The van der Waals surface area contributed by atoms with Crippen molar-refractivity contribution in [2.24, 2.45) is 0 Å². The molecule has 0 bridgehead atoms. The number of halogens is 1. The third-order valence-corrected chi connectivity index (χ3v) is 5.82. The van der Waals surface area contributed by atoms with Gasteiger partial charge in [0.05, 0.1) is 25.0 Å². The first-order valence-corrected chi connectivity index (χ1v) is 12.7.